The van der Waals surface area contributed by atoms with Gasteiger partial charge in [0.1, 0.15) is 0 Å². The third-order valence-corrected chi connectivity index (χ3v) is 6.09. The first-order valence-corrected chi connectivity index (χ1v) is 10.6. The number of amides is 1. The normalized spacial score (nSPS) is 15.8. The molecule has 1 aliphatic carbocycles. The zero-order valence-corrected chi connectivity index (χ0v) is 17.2. The Labute approximate surface area is 161 Å². The van der Waals surface area contributed by atoms with E-state index in [0.29, 0.717) is 6.54 Å². The van der Waals surface area contributed by atoms with Crippen LogP contribution in [0.4, 0.5) is 5.69 Å². The number of nitrogens with one attached hydrogen (secondary N) is 3. The van der Waals surface area contributed by atoms with Crippen molar-refractivity contribution in [2.75, 3.05) is 25.2 Å². The first-order valence-electron chi connectivity index (χ1n) is 9.33. The summed E-state index contributed by atoms with van der Waals surface area (Å²) in [5.41, 5.74) is 1.98. The van der Waals surface area contributed by atoms with Crippen LogP contribution in [0.3, 0.4) is 0 Å². The minimum atomic E-state index is 0.155. The number of thioether (sulfide) groups is 1. The molecule has 26 heavy (non-hydrogen) atoms. The Morgan fingerprint density at radius 2 is 2.00 bits per heavy atom. The van der Waals surface area contributed by atoms with Crippen LogP contribution in [0.2, 0.25) is 0 Å². The molecule has 0 aliphatic heterocycles. The van der Waals surface area contributed by atoms with Crippen molar-refractivity contribution in [2.45, 2.75) is 50.8 Å². The molecule has 1 amide bonds. The number of carbonyl (C=O) groups is 1. The van der Waals surface area contributed by atoms with E-state index in [4.69, 9.17) is 0 Å². The molecule has 0 heterocycles. The van der Waals surface area contributed by atoms with Crippen LogP contribution in [0.5, 0.6) is 0 Å². The molecule has 3 N–H and O–H groups in total. The molecular weight excluding hydrogens is 344 g/mol. The number of rotatable bonds is 7. The van der Waals surface area contributed by atoms with Gasteiger partial charge in [-0.25, -0.2) is 0 Å². The van der Waals surface area contributed by atoms with E-state index in [0.717, 1.165) is 36.6 Å². The van der Waals surface area contributed by atoms with Crippen LogP contribution in [-0.2, 0) is 11.3 Å². The van der Waals surface area contributed by atoms with Crippen LogP contribution in [0.25, 0.3) is 0 Å². The molecule has 6 heteroatoms. The van der Waals surface area contributed by atoms with Crippen LogP contribution >= 0.6 is 11.8 Å². The summed E-state index contributed by atoms with van der Waals surface area (Å²) < 4.78 is 0.155. The van der Waals surface area contributed by atoms with E-state index in [-0.39, 0.29) is 16.6 Å². The zero-order valence-electron chi connectivity index (χ0n) is 16.4. The average Bonchev–Trinajstić information content (AvgIpc) is 3.17. The van der Waals surface area contributed by atoms with Crippen molar-refractivity contribution >= 4 is 29.3 Å². The van der Waals surface area contributed by atoms with Gasteiger partial charge in [0.15, 0.2) is 5.96 Å². The summed E-state index contributed by atoms with van der Waals surface area (Å²) in [5, 5.41) is 9.76. The molecular formula is C20H32N4OS. The van der Waals surface area contributed by atoms with Crippen molar-refractivity contribution < 1.29 is 4.79 Å². The predicted molar refractivity (Wildman–Crippen MR) is 113 cm³/mol. The van der Waals surface area contributed by atoms with E-state index in [1.807, 2.05) is 30.0 Å². The van der Waals surface area contributed by atoms with Crippen molar-refractivity contribution in [3.8, 4) is 0 Å². The second-order valence-corrected chi connectivity index (χ2v) is 8.93. The highest BCUT2D eigenvalue weighted by atomic mass is 32.2. The summed E-state index contributed by atoms with van der Waals surface area (Å²) in [5.74, 6) is 1.12. The summed E-state index contributed by atoms with van der Waals surface area (Å²) in [4.78, 5) is 16.6. The van der Waals surface area contributed by atoms with Crippen molar-refractivity contribution in [1.82, 2.24) is 10.6 Å². The number of anilines is 1. The van der Waals surface area contributed by atoms with E-state index in [1.54, 1.807) is 7.05 Å². The maximum Gasteiger partial charge on any atom is 0.227 e. The lowest BCUT2D eigenvalue weighted by atomic mass is 10.1. The van der Waals surface area contributed by atoms with Crippen LogP contribution in [-0.4, -0.2) is 36.5 Å². The molecule has 0 unspecified atom stereocenters. The highest BCUT2D eigenvalue weighted by Gasteiger charge is 2.22. The SMILES string of the molecule is CN=C(NCc1cccc(NC(=O)C2CCCC2)c1)NCC(C)(C)SC. The number of hydrogen-bond donors (Lipinski definition) is 3. The number of carbonyl (C=O) groups excluding carboxylic acids is 1. The lowest BCUT2D eigenvalue weighted by Crippen LogP contribution is -2.42. The molecule has 2 rings (SSSR count). The molecule has 0 spiro atoms. The molecule has 0 radical (unpaired) electrons. The quantitative estimate of drug-likeness (QED) is 0.502. The second kappa shape index (κ2) is 9.86. The summed E-state index contributed by atoms with van der Waals surface area (Å²) >= 11 is 1.83. The smallest absolute Gasteiger partial charge is 0.227 e. The monoisotopic (exact) mass is 376 g/mol. The van der Waals surface area contributed by atoms with Crippen molar-refractivity contribution in [1.29, 1.82) is 0 Å². The molecule has 144 valence electrons. The molecule has 0 saturated heterocycles. The Morgan fingerprint density at radius 3 is 2.65 bits per heavy atom. The van der Waals surface area contributed by atoms with Crippen molar-refractivity contribution in [3.63, 3.8) is 0 Å². The molecule has 0 atom stereocenters. The van der Waals surface area contributed by atoms with E-state index in [1.165, 1.54) is 12.8 Å². The molecule has 5 nitrogen and oxygen atoms in total. The summed E-state index contributed by atoms with van der Waals surface area (Å²) in [7, 11) is 1.78. The number of hydrogen-bond acceptors (Lipinski definition) is 3. The fourth-order valence-electron chi connectivity index (χ4n) is 2.97. The van der Waals surface area contributed by atoms with Gasteiger partial charge in [-0.15, -0.1) is 0 Å². The summed E-state index contributed by atoms with van der Waals surface area (Å²) in [6.07, 6.45) is 6.48. The van der Waals surface area contributed by atoms with Crippen molar-refractivity contribution in [3.05, 3.63) is 29.8 Å². The van der Waals surface area contributed by atoms with Gasteiger partial charge in [0.05, 0.1) is 0 Å². The third-order valence-electron chi connectivity index (χ3n) is 4.84. The molecule has 1 saturated carbocycles. The minimum Gasteiger partial charge on any atom is -0.355 e. The number of guanidine groups is 1. The van der Waals surface area contributed by atoms with Gasteiger partial charge in [-0.1, -0.05) is 25.0 Å². The Hall–Kier alpha value is -1.69. The average molecular weight is 377 g/mol. The van der Waals surface area contributed by atoms with Crippen LogP contribution in [0, 0.1) is 5.92 Å². The summed E-state index contributed by atoms with van der Waals surface area (Å²) in [6.45, 7) is 5.90. The fourth-order valence-corrected chi connectivity index (χ4v) is 3.18. The first-order chi connectivity index (χ1) is 12.4. The van der Waals surface area contributed by atoms with Crippen LogP contribution in [0.1, 0.15) is 45.1 Å². The maximum atomic E-state index is 12.3. The van der Waals surface area contributed by atoms with Gasteiger partial charge >= 0.3 is 0 Å². The lowest BCUT2D eigenvalue weighted by molar-refractivity contribution is -0.119. The highest BCUT2D eigenvalue weighted by molar-refractivity contribution is 7.99. The molecule has 0 bridgehead atoms. The Balaban J connectivity index is 1.86. The maximum absolute atomic E-state index is 12.3. The van der Waals surface area contributed by atoms with Gasteiger partial charge in [0.2, 0.25) is 5.91 Å². The Morgan fingerprint density at radius 1 is 1.27 bits per heavy atom. The van der Waals surface area contributed by atoms with Gasteiger partial charge in [-0.05, 0) is 50.6 Å². The van der Waals surface area contributed by atoms with E-state index < -0.39 is 0 Å². The van der Waals surface area contributed by atoms with E-state index >= 15 is 0 Å². The van der Waals surface area contributed by atoms with Crippen LogP contribution < -0.4 is 16.0 Å². The van der Waals surface area contributed by atoms with Gasteiger partial charge in [-0.3, -0.25) is 9.79 Å². The van der Waals surface area contributed by atoms with Crippen LogP contribution in [0.15, 0.2) is 29.3 Å². The topological polar surface area (TPSA) is 65.5 Å². The molecule has 1 fully saturated rings. The fraction of sp³-hybridized carbons (Fsp3) is 0.600. The second-order valence-electron chi connectivity index (χ2n) is 7.41. The first kappa shape index (κ1) is 20.6. The third kappa shape index (κ3) is 6.56. The zero-order chi connectivity index (χ0) is 19.0. The van der Waals surface area contributed by atoms with Gasteiger partial charge < -0.3 is 16.0 Å². The number of aliphatic imine (C=N–C) groups is 1. The molecule has 1 aliphatic rings. The standard InChI is InChI=1S/C20H32N4OS/c1-20(2,26-4)14-23-19(21-3)22-13-15-8-7-11-17(12-15)24-18(25)16-9-5-6-10-16/h7-8,11-12,16H,5-6,9-10,13-14H2,1-4H3,(H,24,25)(H2,21,22,23). The Bertz CT molecular complexity index is 624. The molecule has 1 aromatic rings. The van der Waals surface area contributed by atoms with Gasteiger partial charge in [-0.2, -0.15) is 11.8 Å². The Kier molecular flexibility index (Phi) is 7.82. The van der Waals surface area contributed by atoms with Gasteiger partial charge in [0.25, 0.3) is 0 Å². The van der Waals surface area contributed by atoms with Crippen molar-refractivity contribution in [2.24, 2.45) is 10.9 Å². The van der Waals surface area contributed by atoms with E-state index in [2.05, 4.69) is 47.1 Å². The summed E-state index contributed by atoms with van der Waals surface area (Å²) in [6, 6.07) is 8.01. The molecule has 0 aromatic heterocycles. The lowest BCUT2D eigenvalue weighted by Gasteiger charge is -2.23. The molecule has 1 aromatic carbocycles. The highest BCUT2D eigenvalue weighted by Crippen LogP contribution is 2.26. The number of benzene rings is 1. The predicted octanol–water partition coefficient (Wildman–Crippen LogP) is 3.62. The number of nitrogens with zero attached hydrogens (tertiary/aromatic N) is 1. The largest absolute Gasteiger partial charge is 0.355 e. The minimum absolute atomic E-state index is 0.155. The van der Waals surface area contributed by atoms with Gasteiger partial charge in [0, 0.05) is 36.5 Å². The van der Waals surface area contributed by atoms with E-state index in [9.17, 15) is 4.79 Å².